The van der Waals surface area contributed by atoms with Crippen molar-refractivity contribution in [3.8, 4) is 0 Å². The van der Waals surface area contributed by atoms with Crippen molar-refractivity contribution in [2.75, 3.05) is 0 Å². The first-order valence-electron chi connectivity index (χ1n) is 7.66. The SMILES string of the molecule is CCCC(CCC)NC1C2CCC(C2)C1C(=O)O. The van der Waals surface area contributed by atoms with Crippen molar-refractivity contribution in [2.24, 2.45) is 17.8 Å². The number of hydrogen-bond acceptors (Lipinski definition) is 2. The van der Waals surface area contributed by atoms with Crippen LogP contribution in [0.5, 0.6) is 0 Å². The van der Waals surface area contributed by atoms with Crippen LogP contribution in [0.2, 0.25) is 0 Å². The van der Waals surface area contributed by atoms with Gasteiger partial charge in [-0.05, 0) is 43.9 Å². The van der Waals surface area contributed by atoms with Gasteiger partial charge in [-0.3, -0.25) is 4.79 Å². The molecule has 2 rings (SSSR count). The lowest BCUT2D eigenvalue weighted by molar-refractivity contribution is -0.144. The normalized spacial score (nSPS) is 34.4. The fraction of sp³-hybridized carbons (Fsp3) is 0.933. The molecule has 0 aromatic heterocycles. The molecule has 2 bridgehead atoms. The van der Waals surface area contributed by atoms with Crippen LogP contribution >= 0.6 is 0 Å². The van der Waals surface area contributed by atoms with Crippen molar-refractivity contribution < 1.29 is 9.90 Å². The van der Waals surface area contributed by atoms with Crippen LogP contribution in [0.3, 0.4) is 0 Å². The third-order valence-electron chi connectivity index (χ3n) is 4.90. The second-order valence-electron chi connectivity index (χ2n) is 6.16. The molecule has 4 unspecified atom stereocenters. The fourth-order valence-corrected chi connectivity index (χ4v) is 4.17. The minimum Gasteiger partial charge on any atom is -0.481 e. The average Bonchev–Trinajstić information content (AvgIpc) is 2.89. The molecule has 2 aliphatic carbocycles. The maximum Gasteiger partial charge on any atom is 0.308 e. The number of hydrogen-bond donors (Lipinski definition) is 2. The smallest absolute Gasteiger partial charge is 0.308 e. The highest BCUT2D eigenvalue weighted by Crippen LogP contribution is 2.48. The standard InChI is InChI=1S/C15H27NO2/c1-3-5-12(6-4-2)16-14-11-8-7-10(9-11)13(14)15(17)18/h10-14,16H,3-9H2,1-2H3,(H,17,18). The molecule has 0 heterocycles. The van der Waals surface area contributed by atoms with E-state index in [9.17, 15) is 9.90 Å². The highest BCUT2D eigenvalue weighted by molar-refractivity contribution is 5.72. The van der Waals surface area contributed by atoms with E-state index in [1.54, 1.807) is 0 Å². The van der Waals surface area contributed by atoms with Crippen LogP contribution in [0, 0.1) is 17.8 Å². The van der Waals surface area contributed by atoms with E-state index in [0.29, 0.717) is 17.9 Å². The molecule has 4 atom stereocenters. The molecule has 0 aromatic carbocycles. The Bertz CT molecular complexity index is 286. The highest BCUT2D eigenvalue weighted by atomic mass is 16.4. The molecule has 0 aliphatic heterocycles. The average molecular weight is 253 g/mol. The van der Waals surface area contributed by atoms with Crippen LogP contribution in [-0.4, -0.2) is 23.2 Å². The van der Waals surface area contributed by atoms with Crippen LogP contribution in [0.25, 0.3) is 0 Å². The fourth-order valence-electron chi connectivity index (χ4n) is 4.17. The molecule has 2 saturated carbocycles. The second-order valence-corrected chi connectivity index (χ2v) is 6.16. The predicted molar refractivity (Wildman–Crippen MR) is 72.5 cm³/mol. The van der Waals surface area contributed by atoms with Crippen molar-refractivity contribution in [1.29, 1.82) is 0 Å². The molecule has 3 nitrogen and oxygen atoms in total. The van der Waals surface area contributed by atoms with Gasteiger partial charge in [0.15, 0.2) is 0 Å². The number of carbonyl (C=O) groups is 1. The van der Waals surface area contributed by atoms with E-state index in [2.05, 4.69) is 19.2 Å². The quantitative estimate of drug-likeness (QED) is 0.733. The van der Waals surface area contributed by atoms with Gasteiger partial charge in [-0.1, -0.05) is 26.7 Å². The summed E-state index contributed by atoms with van der Waals surface area (Å²) in [7, 11) is 0. The third-order valence-corrected chi connectivity index (χ3v) is 4.90. The molecular formula is C15H27NO2. The van der Waals surface area contributed by atoms with Crippen LogP contribution in [0.4, 0.5) is 0 Å². The molecule has 2 N–H and O–H groups in total. The minimum atomic E-state index is -0.577. The maximum absolute atomic E-state index is 11.5. The zero-order valence-electron chi connectivity index (χ0n) is 11.7. The monoisotopic (exact) mass is 253 g/mol. The number of fused-ring (bicyclic) bond motifs is 2. The highest BCUT2D eigenvalue weighted by Gasteiger charge is 2.51. The summed E-state index contributed by atoms with van der Waals surface area (Å²) in [5.41, 5.74) is 0. The number of nitrogens with one attached hydrogen (secondary N) is 1. The Hall–Kier alpha value is -0.570. The molecule has 0 spiro atoms. The Kier molecular flexibility index (Phi) is 4.66. The summed E-state index contributed by atoms with van der Waals surface area (Å²) in [6.45, 7) is 4.42. The Morgan fingerprint density at radius 1 is 1.22 bits per heavy atom. The molecule has 3 heteroatoms. The lowest BCUT2D eigenvalue weighted by Crippen LogP contribution is -2.48. The van der Waals surface area contributed by atoms with Gasteiger partial charge < -0.3 is 10.4 Å². The second kappa shape index (κ2) is 6.05. The van der Waals surface area contributed by atoms with E-state index in [0.717, 1.165) is 12.8 Å². The van der Waals surface area contributed by atoms with E-state index >= 15 is 0 Å². The topological polar surface area (TPSA) is 49.3 Å². The van der Waals surface area contributed by atoms with Crippen molar-refractivity contribution in [3.05, 3.63) is 0 Å². The maximum atomic E-state index is 11.5. The van der Waals surface area contributed by atoms with Gasteiger partial charge in [-0.15, -0.1) is 0 Å². The van der Waals surface area contributed by atoms with Gasteiger partial charge in [-0.25, -0.2) is 0 Å². The largest absolute Gasteiger partial charge is 0.481 e. The van der Waals surface area contributed by atoms with Crippen molar-refractivity contribution in [1.82, 2.24) is 5.32 Å². The Morgan fingerprint density at radius 2 is 1.83 bits per heavy atom. The van der Waals surface area contributed by atoms with Crippen LogP contribution in [0.15, 0.2) is 0 Å². The van der Waals surface area contributed by atoms with Gasteiger partial charge in [0.1, 0.15) is 0 Å². The van der Waals surface area contributed by atoms with Crippen molar-refractivity contribution in [3.63, 3.8) is 0 Å². The molecule has 18 heavy (non-hydrogen) atoms. The molecule has 2 aliphatic rings. The Morgan fingerprint density at radius 3 is 2.39 bits per heavy atom. The first-order chi connectivity index (χ1) is 8.67. The zero-order chi connectivity index (χ0) is 13.1. The summed E-state index contributed by atoms with van der Waals surface area (Å²) in [5, 5.41) is 13.1. The number of carboxylic acid groups (broad SMARTS) is 1. The molecular weight excluding hydrogens is 226 g/mol. The van der Waals surface area contributed by atoms with Gasteiger partial charge in [0.25, 0.3) is 0 Å². The third kappa shape index (κ3) is 2.71. The van der Waals surface area contributed by atoms with E-state index < -0.39 is 5.97 Å². The summed E-state index contributed by atoms with van der Waals surface area (Å²) in [6, 6.07) is 0.760. The van der Waals surface area contributed by atoms with Crippen molar-refractivity contribution >= 4 is 5.97 Å². The summed E-state index contributed by atoms with van der Waals surface area (Å²) < 4.78 is 0. The van der Waals surface area contributed by atoms with Crippen LogP contribution in [0.1, 0.15) is 58.8 Å². The Labute approximate surface area is 110 Å². The van der Waals surface area contributed by atoms with E-state index in [-0.39, 0.29) is 12.0 Å². The molecule has 104 valence electrons. The summed E-state index contributed by atoms with van der Waals surface area (Å²) in [6.07, 6.45) is 8.21. The van der Waals surface area contributed by atoms with E-state index in [4.69, 9.17) is 0 Å². The first-order valence-corrected chi connectivity index (χ1v) is 7.66. The van der Waals surface area contributed by atoms with Crippen LogP contribution in [-0.2, 0) is 4.79 Å². The van der Waals surface area contributed by atoms with Gasteiger partial charge in [0.05, 0.1) is 5.92 Å². The summed E-state index contributed by atoms with van der Waals surface area (Å²) in [4.78, 5) is 11.5. The van der Waals surface area contributed by atoms with Gasteiger partial charge >= 0.3 is 5.97 Å². The summed E-state index contributed by atoms with van der Waals surface area (Å²) >= 11 is 0. The molecule has 2 fully saturated rings. The first kappa shape index (κ1) is 13.9. The number of rotatable bonds is 7. The lowest BCUT2D eigenvalue weighted by Gasteiger charge is -2.32. The molecule has 0 saturated heterocycles. The van der Waals surface area contributed by atoms with E-state index in [1.807, 2.05) is 0 Å². The molecule has 0 amide bonds. The number of carboxylic acids is 1. The van der Waals surface area contributed by atoms with Gasteiger partial charge in [0, 0.05) is 12.1 Å². The van der Waals surface area contributed by atoms with Crippen molar-refractivity contribution in [2.45, 2.75) is 70.9 Å². The lowest BCUT2D eigenvalue weighted by atomic mass is 9.83. The van der Waals surface area contributed by atoms with Gasteiger partial charge in [0.2, 0.25) is 0 Å². The van der Waals surface area contributed by atoms with Gasteiger partial charge in [-0.2, -0.15) is 0 Å². The summed E-state index contributed by atoms with van der Waals surface area (Å²) in [5.74, 6) is 0.354. The van der Waals surface area contributed by atoms with Crippen LogP contribution < -0.4 is 5.32 Å². The Balaban J connectivity index is 1.99. The molecule has 0 aromatic rings. The van der Waals surface area contributed by atoms with E-state index in [1.165, 1.54) is 32.1 Å². The minimum absolute atomic E-state index is 0.125. The zero-order valence-corrected chi connectivity index (χ0v) is 11.7. The number of aliphatic carboxylic acids is 1. The predicted octanol–water partition coefficient (Wildman–Crippen LogP) is 3.04. The molecule has 0 radical (unpaired) electrons.